The lowest BCUT2D eigenvalue weighted by molar-refractivity contribution is 0.0746. The molecule has 4 heteroatoms. The molecule has 1 saturated heterocycles. The number of carbonyl (C=O) groups is 1. The highest BCUT2D eigenvalue weighted by atomic mass is 19.1. The van der Waals surface area contributed by atoms with Crippen molar-refractivity contribution in [1.29, 1.82) is 0 Å². The summed E-state index contributed by atoms with van der Waals surface area (Å²) in [7, 11) is 0. The van der Waals surface area contributed by atoms with E-state index in [1.807, 2.05) is 4.90 Å². The van der Waals surface area contributed by atoms with E-state index in [0.29, 0.717) is 18.7 Å². The molecule has 3 nitrogen and oxygen atoms in total. The summed E-state index contributed by atoms with van der Waals surface area (Å²) >= 11 is 0. The quantitative estimate of drug-likeness (QED) is 0.842. The summed E-state index contributed by atoms with van der Waals surface area (Å²) in [5, 5.41) is 0. The van der Waals surface area contributed by atoms with E-state index in [1.165, 1.54) is 28.9 Å². The molecule has 0 aliphatic carbocycles. The van der Waals surface area contributed by atoms with E-state index in [-0.39, 0.29) is 11.7 Å². The summed E-state index contributed by atoms with van der Waals surface area (Å²) in [5.41, 5.74) is 4.50. The predicted molar refractivity (Wildman–Crippen MR) is 99.7 cm³/mol. The molecule has 3 rings (SSSR count). The molecule has 1 aliphatic heterocycles. The number of piperazine rings is 1. The maximum Gasteiger partial charge on any atom is 0.254 e. The van der Waals surface area contributed by atoms with Gasteiger partial charge in [-0.1, -0.05) is 38.1 Å². The van der Waals surface area contributed by atoms with Crippen LogP contribution in [0.2, 0.25) is 0 Å². The summed E-state index contributed by atoms with van der Waals surface area (Å²) in [6.45, 7) is 7.31. The molecule has 1 aliphatic rings. The van der Waals surface area contributed by atoms with Crippen LogP contribution >= 0.6 is 0 Å². The standard InChI is InChI=1S/C21H25FN2O/c1-3-16-7-5-8-17(4-2)20(16)23-11-13-24(14-12-23)21(25)18-9-6-10-19(22)15-18/h5-10,15H,3-4,11-14H2,1-2H3. The first-order valence-corrected chi connectivity index (χ1v) is 9.04. The molecular formula is C21H25FN2O. The third kappa shape index (κ3) is 3.68. The van der Waals surface area contributed by atoms with E-state index in [2.05, 4.69) is 36.9 Å². The number of rotatable bonds is 4. The zero-order valence-corrected chi connectivity index (χ0v) is 15.0. The van der Waals surface area contributed by atoms with E-state index in [1.54, 1.807) is 12.1 Å². The van der Waals surface area contributed by atoms with E-state index < -0.39 is 0 Å². The Labute approximate surface area is 149 Å². The molecular weight excluding hydrogens is 315 g/mol. The number of nitrogens with zero attached hydrogens (tertiary/aromatic N) is 2. The number of hydrogen-bond donors (Lipinski definition) is 0. The topological polar surface area (TPSA) is 23.6 Å². The van der Waals surface area contributed by atoms with Gasteiger partial charge in [0.2, 0.25) is 0 Å². The lowest BCUT2D eigenvalue weighted by Gasteiger charge is -2.38. The Morgan fingerprint density at radius 2 is 1.56 bits per heavy atom. The lowest BCUT2D eigenvalue weighted by atomic mass is 10.0. The normalized spacial score (nSPS) is 14.7. The molecule has 0 saturated carbocycles. The Balaban J connectivity index is 1.73. The van der Waals surface area contributed by atoms with Gasteiger partial charge in [-0.2, -0.15) is 0 Å². The minimum atomic E-state index is -0.367. The average molecular weight is 340 g/mol. The Hall–Kier alpha value is -2.36. The maximum atomic E-state index is 13.4. The fourth-order valence-corrected chi connectivity index (χ4v) is 3.56. The monoisotopic (exact) mass is 340 g/mol. The average Bonchev–Trinajstić information content (AvgIpc) is 2.66. The van der Waals surface area contributed by atoms with E-state index in [9.17, 15) is 9.18 Å². The Morgan fingerprint density at radius 3 is 2.12 bits per heavy atom. The second-order valence-corrected chi connectivity index (χ2v) is 6.42. The fourth-order valence-electron chi connectivity index (χ4n) is 3.56. The van der Waals surface area contributed by atoms with Crippen molar-refractivity contribution in [3.8, 4) is 0 Å². The number of carbonyl (C=O) groups excluding carboxylic acids is 1. The van der Waals surface area contributed by atoms with Crippen LogP contribution in [0.25, 0.3) is 0 Å². The Bertz CT molecular complexity index is 729. The van der Waals surface area contributed by atoms with Crippen LogP contribution in [0.3, 0.4) is 0 Å². The summed E-state index contributed by atoms with van der Waals surface area (Å²) in [6, 6.07) is 12.5. The molecule has 1 heterocycles. The van der Waals surface area contributed by atoms with E-state index in [0.717, 1.165) is 25.9 Å². The van der Waals surface area contributed by atoms with Gasteiger partial charge in [0.1, 0.15) is 5.82 Å². The number of aryl methyl sites for hydroxylation is 2. The molecule has 0 unspecified atom stereocenters. The number of halogens is 1. The van der Waals surface area contributed by atoms with Gasteiger partial charge in [0.25, 0.3) is 5.91 Å². The summed E-state index contributed by atoms with van der Waals surface area (Å²) in [6.07, 6.45) is 2.01. The highest BCUT2D eigenvalue weighted by Gasteiger charge is 2.24. The van der Waals surface area contributed by atoms with Crippen molar-refractivity contribution in [3.63, 3.8) is 0 Å². The molecule has 25 heavy (non-hydrogen) atoms. The second-order valence-electron chi connectivity index (χ2n) is 6.42. The molecule has 0 N–H and O–H groups in total. The molecule has 1 amide bonds. The largest absolute Gasteiger partial charge is 0.368 e. The molecule has 0 bridgehead atoms. The molecule has 2 aromatic rings. The van der Waals surface area contributed by atoms with Crippen LogP contribution in [0.4, 0.5) is 10.1 Å². The van der Waals surface area contributed by atoms with Gasteiger partial charge in [-0.3, -0.25) is 4.79 Å². The van der Waals surface area contributed by atoms with Crippen molar-refractivity contribution in [1.82, 2.24) is 4.90 Å². The van der Waals surface area contributed by atoms with E-state index in [4.69, 9.17) is 0 Å². The van der Waals surface area contributed by atoms with Gasteiger partial charge in [0.15, 0.2) is 0 Å². The van der Waals surface area contributed by atoms with Crippen molar-refractivity contribution < 1.29 is 9.18 Å². The Kier molecular flexibility index (Phi) is 5.37. The van der Waals surface area contributed by atoms with E-state index >= 15 is 0 Å². The highest BCUT2D eigenvalue weighted by molar-refractivity contribution is 5.94. The number of hydrogen-bond acceptors (Lipinski definition) is 2. The molecule has 0 atom stereocenters. The van der Waals surface area contributed by atoms with Gasteiger partial charge in [-0.25, -0.2) is 4.39 Å². The molecule has 2 aromatic carbocycles. The molecule has 0 radical (unpaired) electrons. The van der Waals surface area contributed by atoms with Crippen molar-refractivity contribution in [2.45, 2.75) is 26.7 Å². The van der Waals surface area contributed by atoms with Gasteiger partial charge >= 0.3 is 0 Å². The van der Waals surface area contributed by atoms with Crippen molar-refractivity contribution in [2.75, 3.05) is 31.1 Å². The third-order valence-electron chi connectivity index (χ3n) is 4.92. The first kappa shape index (κ1) is 17.5. The van der Waals surface area contributed by atoms with Crippen molar-refractivity contribution >= 4 is 11.6 Å². The summed E-state index contributed by atoms with van der Waals surface area (Å²) < 4.78 is 13.4. The van der Waals surface area contributed by atoms with Crippen molar-refractivity contribution in [3.05, 3.63) is 65.0 Å². The highest BCUT2D eigenvalue weighted by Crippen LogP contribution is 2.28. The van der Waals surface area contributed by atoms with Crippen LogP contribution < -0.4 is 4.90 Å². The molecule has 0 spiro atoms. The lowest BCUT2D eigenvalue weighted by Crippen LogP contribution is -2.49. The van der Waals surface area contributed by atoms with Crippen LogP contribution in [0, 0.1) is 5.82 Å². The van der Waals surface area contributed by atoms with Gasteiger partial charge in [0.05, 0.1) is 0 Å². The maximum absolute atomic E-state index is 13.4. The van der Waals surface area contributed by atoms with Crippen LogP contribution in [0.1, 0.15) is 35.3 Å². The fraction of sp³-hybridized carbons (Fsp3) is 0.381. The first-order chi connectivity index (χ1) is 12.1. The van der Waals surface area contributed by atoms with Gasteiger partial charge in [-0.05, 0) is 42.2 Å². The van der Waals surface area contributed by atoms with Crippen LogP contribution in [-0.2, 0) is 12.8 Å². The number of amides is 1. The first-order valence-electron chi connectivity index (χ1n) is 9.04. The van der Waals surface area contributed by atoms with Crippen LogP contribution in [0.15, 0.2) is 42.5 Å². The second kappa shape index (κ2) is 7.68. The summed E-state index contributed by atoms with van der Waals surface area (Å²) in [5.74, 6) is -0.451. The number of para-hydroxylation sites is 1. The van der Waals surface area contributed by atoms with Crippen LogP contribution in [-0.4, -0.2) is 37.0 Å². The molecule has 0 aromatic heterocycles. The number of anilines is 1. The molecule has 132 valence electrons. The minimum Gasteiger partial charge on any atom is -0.368 e. The third-order valence-corrected chi connectivity index (χ3v) is 4.92. The molecule has 1 fully saturated rings. The van der Waals surface area contributed by atoms with Gasteiger partial charge in [0, 0.05) is 37.4 Å². The number of benzene rings is 2. The smallest absolute Gasteiger partial charge is 0.254 e. The SMILES string of the molecule is CCc1cccc(CC)c1N1CCN(C(=O)c2cccc(F)c2)CC1. The van der Waals surface area contributed by atoms with Crippen molar-refractivity contribution in [2.24, 2.45) is 0 Å². The minimum absolute atomic E-state index is 0.0846. The Morgan fingerprint density at radius 1 is 0.960 bits per heavy atom. The summed E-state index contributed by atoms with van der Waals surface area (Å²) in [4.78, 5) is 16.8. The van der Waals surface area contributed by atoms with Gasteiger partial charge < -0.3 is 9.80 Å². The van der Waals surface area contributed by atoms with Crippen LogP contribution in [0.5, 0.6) is 0 Å². The zero-order valence-electron chi connectivity index (χ0n) is 15.0. The predicted octanol–water partition coefficient (Wildman–Crippen LogP) is 3.91. The van der Waals surface area contributed by atoms with Gasteiger partial charge in [-0.15, -0.1) is 0 Å². The zero-order chi connectivity index (χ0) is 17.8.